The number of nitrogens with two attached hydrogens (primary N) is 1. The third-order valence-electron chi connectivity index (χ3n) is 3.38. The third kappa shape index (κ3) is 6.48. The molecular formula is C19H21N3O3. The summed E-state index contributed by atoms with van der Waals surface area (Å²) in [5.41, 5.74) is 4.42. The van der Waals surface area contributed by atoms with Crippen molar-refractivity contribution in [3.8, 4) is 0 Å². The van der Waals surface area contributed by atoms with Gasteiger partial charge in [0, 0.05) is 12.1 Å². The van der Waals surface area contributed by atoms with Gasteiger partial charge in [-0.15, -0.1) is 0 Å². The van der Waals surface area contributed by atoms with Crippen molar-refractivity contribution in [2.45, 2.75) is 13.0 Å². The molecule has 0 radical (unpaired) electrons. The molecule has 0 spiro atoms. The van der Waals surface area contributed by atoms with Gasteiger partial charge in [-0.1, -0.05) is 54.6 Å². The first-order chi connectivity index (χ1) is 12.2. The first-order valence-electron chi connectivity index (χ1n) is 7.91. The molecule has 6 nitrogen and oxygen atoms in total. The van der Waals surface area contributed by atoms with Gasteiger partial charge in [0.25, 0.3) is 5.91 Å². The van der Waals surface area contributed by atoms with Crippen molar-refractivity contribution in [1.82, 2.24) is 10.7 Å². The molecule has 0 bridgehead atoms. The molecule has 2 aromatic carbocycles. The molecule has 0 aromatic heterocycles. The number of hydrazine groups is 1. The van der Waals surface area contributed by atoms with Crippen molar-refractivity contribution >= 4 is 18.1 Å². The highest BCUT2D eigenvalue weighted by Crippen LogP contribution is 2.07. The van der Waals surface area contributed by atoms with Gasteiger partial charge in [-0.3, -0.25) is 10.2 Å². The second-order valence-electron chi connectivity index (χ2n) is 5.28. The average Bonchev–Trinajstić information content (AvgIpc) is 2.66. The first kappa shape index (κ1) is 18.2. The van der Waals surface area contributed by atoms with Gasteiger partial charge < -0.3 is 10.1 Å². The number of benzene rings is 2. The van der Waals surface area contributed by atoms with Gasteiger partial charge >= 0.3 is 6.09 Å². The molecule has 0 fully saturated rings. The minimum atomic E-state index is -0.445. The number of hydrogen-bond acceptors (Lipinski definition) is 4. The van der Waals surface area contributed by atoms with Crippen LogP contribution in [0.2, 0.25) is 0 Å². The van der Waals surface area contributed by atoms with Crippen LogP contribution in [0.15, 0.2) is 60.7 Å². The molecule has 0 unspecified atom stereocenters. The smallest absolute Gasteiger partial charge is 0.407 e. The van der Waals surface area contributed by atoms with Gasteiger partial charge in [-0.25, -0.2) is 10.6 Å². The minimum absolute atomic E-state index is 0.249. The number of hydrogen-bond donors (Lipinski definition) is 3. The largest absolute Gasteiger partial charge is 0.445 e. The maximum atomic E-state index is 11.6. The Morgan fingerprint density at radius 1 is 1.08 bits per heavy atom. The van der Waals surface area contributed by atoms with Gasteiger partial charge in [0.2, 0.25) is 0 Å². The van der Waals surface area contributed by atoms with Crippen molar-refractivity contribution in [2.24, 2.45) is 5.84 Å². The van der Waals surface area contributed by atoms with Gasteiger partial charge in [0.05, 0.1) is 0 Å². The lowest BCUT2D eigenvalue weighted by atomic mass is 10.1. The molecule has 25 heavy (non-hydrogen) atoms. The van der Waals surface area contributed by atoms with E-state index in [0.29, 0.717) is 18.5 Å². The highest BCUT2D eigenvalue weighted by atomic mass is 16.5. The van der Waals surface area contributed by atoms with Crippen molar-refractivity contribution < 1.29 is 14.3 Å². The number of alkyl carbamates (subject to hydrolysis) is 1. The summed E-state index contributed by atoms with van der Waals surface area (Å²) in [6.45, 7) is 0.714. The molecular weight excluding hydrogens is 318 g/mol. The maximum absolute atomic E-state index is 11.6. The number of carbonyl (C=O) groups is 2. The Kier molecular flexibility index (Phi) is 7.21. The summed E-state index contributed by atoms with van der Waals surface area (Å²) in [5.74, 6) is 4.78. The quantitative estimate of drug-likeness (QED) is 0.313. The van der Waals surface area contributed by atoms with E-state index >= 15 is 0 Å². The number of nitrogen functional groups attached to an aromatic ring is 1. The maximum Gasteiger partial charge on any atom is 0.407 e. The topological polar surface area (TPSA) is 93.5 Å². The number of nitrogens with one attached hydrogen (secondary N) is 2. The Morgan fingerprint density at radius 3 is 2.64 bits per heavy atom. The molecule has 6 heteroatoms. The van der Waals surface area contributed by atoms with E-state index < -0.39 is 6.09 Å². The van der Waals surface area contributed by atoms with Crippen molar-refractivity contribution in [3.63, 3.8) is 0 Å². The van der Waals surface area contributed by atoms with Crippen LogP contribution < -0.4 is 16.6 Å². The Labute approximate surface area is 146 Å². The molecule has 0 aliphatic carbocycles. The lowest BCUT2D eigenvalue weighted by Crippen LogP contribution is -2.29. The zero-order valence-electron chi connectivity index (χ0n) is 13.8. The van der Waals surface area contributed by atoms with Gasteiger partial charge in [-0.2, -0.15) is 0 Å². The molecule has 0 saturated carbocycles. The average molecular weight is 339 g/mol. The lowest BCUT2D eigenvalue weighted by molar-refractivity contribution is 0.0953. The van der Waals surface area contributed by atoms with Crippen molar-refractivity contribution in [3.05, 3.63) is 77.4 Å². The van der Waals surface area contributed by atoms with Crippen LogP contribution in [0.1, 0.15) is 27.9 Å². The molecule has 0 aliphatic rings. The zero-order chi connectivity index (χ0) is 17.9. The SMILES string of the molecule is NNC(=O)c1cccc(C=CCCNC(=O)OCc2ccccc2)c1. The van der Waals surface area contributed by atoms with Crippen molar-refractivity contribution in [1.29, 1.82) is 0 Å². The highest BCUT2D eigenvalue weighted by Gasteiger charge is 2.03. The second-order valence-corrected chi connectivity index (χ2v) is 5.28. The van der Waals surface area contributed by atoms with E-state index in [1.165, 1.54) is 0 Å². The predicted octanol–water partition coefficient (Wildman–Crippen LogP) is 2.62. The highest BCUT2D eigenvalue weighted by molar-refractivity contribution is 5.94. The summed E-state index contributed by atoms with van der Waals surface area (Å²) in [7, 11) is 0. The number of amides is 2. The summed E-state index contributed by atoms with van der Waals surface area (Å²) in [4.78, 5) is 23.0. The molecule has 0 atom stereocenters. The van der Waals surface area contributed by atoms with Crippen LogP contribution >= 0.6 is 0 Å². The van der Waals surface area contributed by atoms with Crippen LogP contribution in [0, 0.1) is 0 Å². The van der Waals surface area contributed by atoms with Crippen LogP contribution in [0.4, 0.5) is 4.79 Å². The Morgan fingerprint density at radius 2 is 1.88 bits per heavy atom. The Bertz CT molecular complexity index is 730. The van der Waals surface area contributed by atoms with Gasteiger partial charge in [-0.05, 0) is 29.7 Å². The number of rotatable bonds is 7. The van der Waals surface area contributed by atoms with E-state index in [1.54, 1.807) is 18.2 Å². The second kappa shape index (κ2) is 9.89. The fourth-order valence-electron chi connectivity index (χ4n) is 2.12. The lowest BCUT2D eigenvalue weighted by Gasteiger charge is -2.06. The first-order valence-corrected chi connectivity index (χ1v) is 7.91. The standard InChI is InChI=1S/C19H21N3O3/c20-22-18(23)17-11-6-10-15(13-17)7-4-5-12-21-19(24)25-14-16-8-2-1-3-9-16/h1-4,6-11,13H,5,12,14,20H2,(H,21,24)(H,22,23). The predicted molar refractivity (Wildman–Crippen MR) is 96.4 cm³/mol. The van der Waals surface area contributed by atoms with Crippen LogP contribution in [0.5, 0.6) is 0 Å². The third-order valence-corrected chi connectivity index (χ3v) is 3.38. The summed E-state index contributed by atoms with van der Waals surface area (Å²) in [6.07, 6.45) is 3.99. The molecule has 2 amide bonds. The van der Waals surface area contributed by atoms with Crippen molar-refractivity contribution in [2.75, 3.05) is 6.54 Å². The summed E-state index contributed by atoms with van der Waals surface area (Å²) < 4.78 is 5.12. The summed E-state index contributed by atoms with van der Waals surface area (Å²) in [6, 6.07) is 16.6. The molecule has 0 heterocycles. The van der Waals surface area contributed by atoms with E-state index in [4.69, 9.17) is 10.6 Å². The molecule has 130 valence electrons. The van der Waals surface area contributed by atoms with E-state index in [9.17, 15) is 9.59 Å². The molecule has 4 N–H and O–H groups in total. The normalized spacial score (nSPS) is 10.4. The number of ether oxygens (including phenoxy) is 1. The molecule has 0 saturated heterocycles. The van der Waals surface area contributed by atoms with E-state index in [2.05, 4.69) is 10.7 Å². The van der Waals surface area contributed by atoms with Crippen LogP contribution in [-0.2, 0) is 11.3 Å². The van der Waals surface area contributed by atoms with E-state index in [0.717, 1.165) is 11.1 Å². The van der Waals surface area contributed by atoms with Gasteiger partial charge in [0.15, 0.2) is 0 Å². The fraction of sp³-hybridized carbons (Fsp3) is 0.158. The minimum Gasteiger partial charge on any atom is -0.445 e. The Balaban J connectivity index is 1.69. The van der Waals surface area contributed by atoms with Crippen LogP contribution in [-0.4, -0.2) is 18.5 Å². The van der Waals surface area contributed by atoms with E-state index in [1.807, 2.05) is 48.6 Å². The number of carbonyl (C=O) groups excluding carboxylic acids is 2. The molecule has 0 aliphatic heterocycles. The monoisotopic (exact) mass is 339 g/mol. The molecule has 2 aromatic rings. The summed E-state index contributed by atoms with van der Waals surface area (Å²) in [5, 5.41) is 2.68. The fourth-order valence-corrected chi connectivity index (χ4v) is 2.12. The van der Waals surface area contributed by atoms with E-state index in [-0.39, 0.29) is 12.5 Å². The van der Waals surface area contributed by atoms with Gasteiger partial charge in [0.1, 0.15) is 6.61 Å². The van der Waals surface area contributed by atoms with Crippen LogP contribution in [0.25, 0.3) is 6.08 Å². The Hall–Kier alpha value is -3.12. The van der Waals surface area contributed by atoms with Crippen LogP contribution in [0.3, 0.4) is 0 Å². The molecule has 2 rings (SSSR count). The summed E-state index contributed by atoms with van der Waals surface area (Å²) >= 11 is 0. The zero-order valence-corrected chi connectivity index (χ0v) is 13.8.